The summed E-state index contributed by atoms with van der Waals surface area (Å²) in [6.07, 6.45) is 9.12. The molecule has 7 nitrogen and oxygen atoms in total. The van der Waals surface area contributed by atoms with Crippen molar-refractivity contribution in [2.24, 2.45) is 5.41 Å². The first-order valence-electron chi connectivity index (χ1n) is 10.1. The lowest BCUT2D eigenvalue weighted by Gasteiger charge is -2.36. The monoisotopic (exact) mass is 389 g/mol. The number of hydrogen-bond donors (Lipinski definition) is 1. The summed E-state index contributed by atoms with van der Waals surface area (Å²) in [4.78, 5) is 32.1. The number of aromatic nitrogens is 3. The SMILES string of the molecule is O=C(N[C@H]1CC[C@@]2(CCN(c3ccccc3)C2=O)CC1)c1cnn2cccnc12. The first-order chi connectivity index (χ1) is 14.2. The molecule has 1 aliphatic heterocycles. The van der Waals surface area contributed by atoms with Gasteiger partial charge in [0.2, 0.25) is 5.91 Å². The minimum Gasteiger partial charge on any atom is -0.349 e. The maximum atomic E-state index is 13.2. The zero-order chi connectivity index (χ0) is 19.8. The van der Waals surface area contributed by atoms with Crippen molar-refractivity contribution in [3.8, 4) is 0 Å². The van der Waals surface area contributed by atoms with Gasteiger partial charge in [0.1, 0.15) is 5.56 Å². The number of fused-ring (bicyclic) bond motifs is 1. The lowest BCUT2D eigenvalue weighted by molar-refractivity contribution is -0.127. The van der Waals surface area contributed by atoms with Crippen LogP contribution in [0.2, 0.25) is 0 Å². The van der Waals surface area contributed by atoms with Gasteiger partial charge in [0.15, 0.2) is 5.65 Å². The number of carbonyl (C=O) groups excluding carboxylic acids is 2. The third-order valence-electron chi connectivity index (χ3n) is 6.38. The van der Waals surface area contributed by atoms with Crippen molar-refractivity contribution in [3.05, 3.63) is 60.6 Å². The fraction of sp³-hybridized carbons (Fsp3) is 0.364. The molecule has 0 unspecified atom stereocenters. The topological polar surface area (TPSA) is 79.6 Å². The highest BCUT2D eigenvalue weighted by molar-refractivity contribution is 6.00. The Morgan fingerprint density at radius 2 is 1.90 bits per heavy atom. The number of carbonyl (C=O) groups is 2. The number of hydrogen-bond acceptors (Lipinski definition) is 4. The second-order valence-corrected chi connectivity index (χ2v) is 8.02. The predicted molar refractivity (Wildman–Crippen MR) is 109 cm³/mol. The van der Waals surface area contributed by atoms with Crippen molar-refractivity contribution >= 4 is 23.1 Å². The molecule has 2 aromatic heterocycles. The fourth-order valence-corrected chi connectivity index (χ4v) is 4.70. The molecule has 1 spiro atoms. The Labute approximate surface area is 168 Å². The van der Waals surface area contributed by atoms with Gasteiger partial charge >= 0.3 is 0 Å². The molecule has 0 radical (unpaired) electrons. The molecule has 148 valence electrons. The quantitative estimate of drug-likeness (QED) is 0.747. The number of amides is 2. The number of nitrogens with one attached hydrogen (secondary N) is 1. The molecule has 1 N–H and O–H groups in total. The van der Waals surface area contributed by atoms with Crippen LogP contribution in [0, 0.1) is 5.41 Å². The third kappa shape index (κ3) is 3.06. The first kappa shape index (κ1) is 17.8. The van der Waals surface area contributed by atoms with E-state index in [1.807, 2.05) is 35.2 Å². The van der Waals surface area contributed by atoms with E-state index in [1.54, 1.807) is 29.2 Å². The highest BCUT2D eigenvalue weighted by Gasteiger charge is 2.48. The zero-order valence-electron chi connectivity index (χ0n) is 16.1. The van der Waals surface area contributed by atoms with Crippen LogP contribution in [0.5, 0.6) is 0 Å². The predicted octanol–water partition coefficient (Wildman–Crippen LogP) is 2.83. The van der Waals surface area contributed by atoms with E-state index in [0.29, 0.717) is 11.2 Å². The molecule has 2 aliphatic rings. The number of benzene rings is 1. The molecule has 0 atom stereocenters. The summed E-state index contributed by atoms with van der Waals surface area (Å²) in [5.74, 6) is 0.0867. The molecular formula is C22H23N5O2. The summed E-state index contributed by atoms with van der Waals surface area (Å²) in [5, 5.41) is 7.30. The number of nitrogens with zero attached hydrogens (tertiary/aromatic N) is 4. The molecule has 7 heteroatoms. The Kier molecular flexibility index (Phi) is 4.30. The van der Waals surface area contributed by atoms with Gasteiger partial charge in [-0.15, -0.1) is 0 Å². The maximum Gasteiger partial charge on any atom is 0.256 e. The normalized spacial score (nSPS) is 24.3. The van der Waals surface area contributed by atoms with Crippen molar-refractivity contribution in [2.75, 3.05) is 11.4 Å². The van der Waals surface area contributed by atoms with Gasteiger partial charge in [-0.1, -0.05) is 18.2 Å². The van der Waals surface area contributed by atoms with E-state index in [1.165, 1.54) is 0 Å². The molecular weight excluding hydrogens is 366 g/mol. The number of anilines is 1. The molecule has 29 heavy (non-hydrogen) atoms. The van der Waals surface area contributed by atoms with E-state index < -0.39 is 0 Å². The molecule has 1 saturated carbocycles. The smallest absolute Gasteiger partial charge is 0.256 e. The van der Waals surface area contributed by atoms with Crippen LogP contribution >= 0.6 is 0 Å². The number of para-hydroxylation sites is 1. The Bertz CT molecular complexity index is 1050. The standard InChI is InChI=1S/C22H23N5O2/c28-20(18-15-24-27-13-4-12-23-19(18)27)25-16-7-9-22(10-8-16)11-14-26(21(22)29)17-5-2-1-3-6-17/h1-6,12-13,15-16H,7-11,14H2,(H,25,28)/t16-,22-. The van der Waals surface area contributed by atoms with Crippen molar-refractivity contribution in [2.45, 2.75) is 38.1 Å². The molecule has 1 aromatic carbocycles. The van der Waals surface area contributed by atoms with Crippen LogP contribution in [0.25, 0.3) is 5.65 Å². The minimum atomic E-state index is -0.275. The second-order valence-electron chi connectivity index (χ2n) is 8.02. The summed E-state index contributed by atoms with van der Waals surface area (Å²) in [6.45, 7) is 0.772. The van der Waals surface area contributed by atoms with Crippen LogP contribution in [-0.2, 0) is 4.79 Å². The van der Waals surface area contributed by atoms with E-state index in [4.69, 9.17) is 0 Å². The van der Waals surface area contributed by atoms with E-state index >= 15 is 0 Å². The molecule has 2 amide bonds. The summed E-state index contributed by atoms with van der Waals surface area (Å²) in [6, 6.07) is 11.7. The summed E-state index contributed by atoms with van der Waals surface area (Å²) < 4.78 is 1.60. The second kappa shape index (κ2) is 6.99. The van der Waals surface area contributed by atoms with Gasteiger partial charge < -0.3 is 10.2 Å². The van der Waals surface area contributed by atoms with Crippen LogP contribution in [-0.4, -0.2) is 39.0 Å². The van der Waals surface area contributed by atoms with Crippen molar-refractivity contribution in [1.82, 2.24) is 19.9 Å². The van der Waals surface area contributed by atoms with Gasteiger partial charge in [-0.2, -0.15) is 5.10 Å². The molecule has 3 heterocycles. The average Bonchev–Trinajstić information content (AvgIpc) is 3.33. The summed E-state index contributed by atoms with van der Waals surface area (Å²) >= 11 is 0. The molecule has 0 bridgehead atoms. The zero-order valence-corrected chi connectivity index (χ0v) is 16.1. The van der Waals surface area contributed by atoms with Crippen LogP contribution in [0.15, 0.2) is 55.0 Å². The van der Waals surface area contributed by atoms with Gasteiger partial charge in [-0.05, 0) is 50.3 Å². The molecule has 2 fully saturated rings. The van der Waals surface area contributed by atoms with Crippen LogP contribution < -0.4 is 10.2 Å². The fourth-order valence-electron chi connectivity index (χ4n) is 4.70. The van der Waals surface area contributed by atoms with Crippen LogP contribution in [0.4, 0.5) is 5.69 Å². The number of rotatable bonds is 3. The lowest BCUT2D eigenvalue weighted by Crippen LogP contribution is -2.43. The van der Waals surface area contributed by atoms with Crippen LogP contribution in [0.1, 0.15) is 42.5 Å². The van der Waals surface area contributed by atoms with Gasteiger partial charge in [0.05, 0.1) is 11.6 Å². The Balaban J connectivity index is 1.24. The first-order valence-corrected chi connectivity index (χ1v) is 10.1. The molecule has 1 aliphatic carbocycles. The van der Waals surface area contributed by atoms with Crippen molar-refractivity contribution < 1.29 is 9.59 Å². The van der Waals surface area contributed by atoms with Crippen molar-refractivity contribution in [3.63, 3.8) is 0 Å². The van der Waals surface area contributed by atoms with E-state index in [0.717, 1.165) is 44.3 Å². The van der Waals surface area contributed by atoms with E-state index in [-0.39, 0.29) is 23.3 Å². The minimum absolute atomic E-state index is 0.0744. The summed E-state index contributed by atoms with van der Waals surface area (Å²) in [7, 11) is 0. The molecule has 5 rings (SSSR count). The lowest BCUT2D eigenvalue weighted by atomic mass is 9.71. The Morgan fingerprint density at radius 1 is 1.10 bits per heavy atom. The van der Waals surface area contributed by atoms with Gasteiger partial charge in [-0.25, -0.2) is 9.50 Å². The highest BCUT2D eigenvalue weighted by atomic mass is 16.2. The summed E-state index contributed by atoms with van der Waals surface area (Å²) in [5.41, 5.74) is 1.74. The van der Waals surface area contributed by atoms with Gasteiger partial charge in [0, 0.05) is 30.7 Å². The Morgan fingerprint density at radius 3 is 2.69 bits per heavy atom. The van der Waals surface area contributed by atoms with Crippen molar-refractivity contribution in [1.29, 1.82) is 0 Å². The third-order valence-corrected chi connectivity index (χ3v) is 6.38. The van der Waals surface area contributed by atoms with Gasteiger partial charge in [0.25, 0.3) is 5.91 Å². The van der Waals surface area contributed by atoms with Crippen LogP contribution in [0.3, 0.4) is 0 Å². The van der Waals surface area contributed by atoms with E-state index in [2.05, 4.69) is 15.4 Å². The molecule has 3 aromatic rings. The molecule has 1 saturated heterocycles. The largest absolute Gasteiger partial charge is 0.349 e. The highest BCUT2D eigenvalue weighted by Crippen LogP contribution is 2.46. The van der Waals surface area contributed by atoms with Gasteiger partial charge in [-0.3, -0.25) is 9.59 Å². The average molecular weight is 389 g/mol. The maximum absolute atomic E-state index is 13.2. The Hall–Kier alpha value is -3.22. The van der Waals surface area contributed by atoms with E-state index in [9.17, 15) is 9.59 Å².